The lowest BCUT2D eigenvalue weighted by Gasteiger charge is -2.09. The highest BCUT2D eigenvalue weighted by Crippen LogP contribution is 2.26. The largest absolute Gasteiger partial charge is 0.492 e. The summed E-state index contributed by atoms with van der Waals surface area (Å²) in [5.41, 5.74) is 3.94. The molecule has 0 spiro atoms. The van der Waals surface area contributed by atoms with E-state index in [2.05, 4.69) is 33.4 Å². The summed E-state index contributed by atoms with van der Waals surface area (Å²) in [7, 11) is 0. The summed E-state index contributed by atoms with van der Waals surface area (Å²) in [6.07, 6.45) is 3.09. The molecule has 0 radical (unpaired) electrons. The van der Waals surface area contributed by atoms with Crippen LogP contribution in [0.4, 0.5) is 4.39 Å². The molecule has 25 heavy (non-hydrogen) atoms. The van der Waals surface area contributed by atoms with Crippen molar-refractivity contribution in [1.29, 1.82) is 0 Å². The molecule has 0 fully saturated rings. The van der Waals surface area contributed by atoms with E-state index in [-0.39, 0.29) is 18.1 Å². The van der Waals surface area contributed by atoms with Crippen molar-refractivity contribution in [3.05, 3.63) is 63.9 Å². The predicted molar refractivity (Wildman–Crippen MR) is 100 cm³/mol. The number of hydrogen-bond acceptors (Lipinski definition) is 3. The monoisotopic (exact) mass is 406 g/mol. The van der Waals surface area contributed by atoms with Crippen LogP contribution in [0.1, 0.15) is 30.9 Å². The van der Waals surface area contributed by atoms with Gasteiger partial charge in [0.25, 0.3) is 0 Å². The molecule has 0 aliphatic heterocycles. The molecular weight excluding hydrogens is 387 g/mol. The van der Waals surface area contributed by atoms with Crippen molar-refractivity contribution in [1.82, 2.24) is 5.43 Å². The lowest BCUT2D eigenvalue weighted by Crippen LogP contribution is -2.18. The number of ether oxygens (including phenoxy) is 1. The summed E-state index contributed by atoms with van der Waals surface area (Å²) in [5.74, 6) is 0.139. The predicted octanol–water partition coefficient (Wildman–Crippen LogP) is 4.46. The Hall–Kier alpha value is -2.21. The molecule has 2 rings (SSSR count). The van der Waals surface area contributed by atoms with Crippen molar-refractivity contribution in [2.75, 3.05) is 6.61 Å². The van der Waals surface area contributed by atoms with Crippen LogP contribution in [0.5, 0.6) is 5.75 Å². The van der Waals surface area contributed by atoms with Crippen LogP contribution in [0.25, 0.3) is 0 Å². The van der Waals surface area contributed by atoms with E-state index < -0.39 is 0 Å². The lowest BCUT2D eigenvalue weighted by atomic mass is 10.2. The van der Waals surface area contributed by atoms with Crippen LogP contribution in [-0.2, 0) is 11.2 Å². The number of carbonyl (C=O) groups is 1. The zero-order valence-electron chi connectivity index (χ0n) is 14.0. The molecule has 1 N–H and O–H groups in total. The molecule has 1 amide bonds. The Labute approximate surface area is 155 Å². The van der Waals surface area contributed by atoms with Gasteiger partial charge in [-0.15, -0.1) is 0 Å². The fraction of sp³-hybridized carbons (Fsp3) is 0.263. The van der Waals surface area contributed by atoms with E-state index in [1.807, 2.05) is 18.2 Å². The average Bonchev–Trinajstić information content (AvgIpc) is 2.61. The van der Waals surface area contributed by atoms with Gasteiger partial charge in [0.15, 0.2) is 0 Å². The van der Waals surface area contributed by atoms with Crippen molar-refractivity contribution in [3.8, 4) is 5.75 Å². The van der Waals surface area contributed by atoms with Gasteiger partial charge in [0.2, 0.25) is 5.91 Å². The van der Waals surface area contributed by atoms with Crippen molar-refractivity contribution >= 4 is 28.1 Å². The first-order valence-electron chi connectivity index (χ1n) is 8.07. The molecule has 0 saturated heterocycles. The van der Waals surface area contributed by atoms with Crippen LogP contribution < -0.4 is 10.2 Å². The number of nitrogens with zero attached hydrogens (tertiary/aromatic N) is 1. The van der Waals surface area contributed by atoms with E-state index in [0.717, 1.165) is 16.6 Å². The Morgan fingerprint density at radius 3 is 2.84 bits per heavy atom. The number of amides is 1. The fourth-order valence-electron chi connectivity index (χ4n) is 2.11. The number of benzene rings is 2. The molecule has 0 unspecified atom stereocenters. The fourth-order valence-corrected chi connectivity index (χ4v) is 2.65. The van der Waals surface area contributed by atoms with Crippen LogP contribution >= 0.6 is 15.9 Å². The number of nitrogens with one attached hydrogen (secondary N) is 1. The SMILES string of the molecule is CCc1ccc(OCCCC(=O)N/N=C/c2ccccc2F)c(Br)c1. The van der Waals surface area contributed by atoms with Crippen molar-refractivity contribution in [2.45, 2.75) is 26.2 Å². The van der Waals surface area contributed by atoms with Gasteiger partial charge < -0.3 is 4.74 Å². The second kappa shape index (κ2) is 9.93. The van der Waals surface area contributed by atoms with Gasteiger partial charge in [-0.05, 0) is 52.5 Å². The number of halogens is 2. The Balaban J connectivity index is 1.69. The Bertz CT molecular complexity index is 750. The van der Waals surface area contributed by atoms with Gasteiger partial charge >= 0.3 is 0 Å². The van der Waals surface area contributed by atoms with E-state index in [1.165, 1.54) is 17.8 Å². The topological polar surface area (TPSA) is 50.7 Å². The molecule has 0 bridgehead atoms. The first kappa shape index (κ1) is 19.1. The van der Waals surface area contributed by atoms with Crippen LogP contribution in [-0.4, -0.2) is 18.7 Å². The van der Waals surface area contributed by atoms with Gasteiger partial charge in [0.05, 0.1) is 17.3 Å². The third-order valence-corrected chi connectivity index (χ3v) is 4.13. The van der Waals surface area contributed by atoms with Gasteiger partial charge in [-0.25, -0.2) is 9.82 Å². The van der Waals surface area contributed by atoms with Crippen LogP contribution in [0.15, 0.2) is 52.0 Å². The minimum atomic E-state index is -0.381. The zero-order valence-corrected chi connectivity index (χ0v) is 15.6. The van der Waals surface area contributed by atoms with Crippen LogP contribution in [0.2, 0.25) is 0 Å². The third kappa shape index (κ3) is 6.31. The van der Waals surface area contributed by atoms with Crippen molar-refractivity contribution in [3.63, 3.8) is 0 Å². The second-order valence-corrected chi connectivity index (χ2v) is 6.24. The number of hydrogen-bond donors (Lipinski definition) is 1. The van der Waals surface area contributed by atoms with E-state index in [0.29, 0.717) is 18.6 Å². The molecule has 132 valence electrons. The van der Waals surface area contributed by atoms with E-state index in [9.17, 15) is 9.18 Å². The molecule has 4 nitrogen and oxygen atoms in total. The highest BCUT2D eigenvalue weighted by molar-refractivity contribution is 9.10. The number of carbonyl (C=O) groups excluding carboxylic acids is 1. The lowest BCUT2D eigenvalue weighted by molar-refractivity contribution is -0.121. The van der Waals surface area contributed by atoms with Crippen LogP contribution in [0, 0.1) is 5.82 Å². The summed E-state index contributed by atoms with van der Waals surface area (Å²) in [5, 5.41) is 3.76. The zero-order chi connectivity index (χ0) is 18.1. The summed E-state index contributed by atoms with van der Waals surface area (Å²) < 4.78 is 19.9. The third-order valence-electron chi connectivity index (χ3n) is 3.51. The van der Waals surface area contributed by atoms with Gasteiger partial charge in [-0.2, -0.15) is 5.10 Å². The Morgan fingerprint density at radius 1 is 1.32 bits per heavy atom. The average molecular weight is 407 g/mol. The van der Waals surface area contributed by atoms with Crippen molar-refractivity contribution < 1.29 is 13.9 Å². The molecule has 0 aliphatic rings. The van der Waals surface area contributed by atoms with Gasteiger partial charge in [-0.1, -0.05) is 31.2 Å². The summed E-state index contributed by atoms with van der Waals surface area (Å²) >= 11 is 3.48. The summed E-state index contributed by atoms with van der Waals surface area (Å²) in [4.78, 5) is 11.7. The molecule has 0 atom stereocenters. The Kier molecular flexibility index (Phi) is 7.60. The van der Waals surface area contributed by atoms with Gasteiger partial charge in [0.1, 0.15) is 11.6 Å². The molecule has 6 heteroatoms. The minimum absolute atomic E-state index is 0.239. The molecule has 2 aromatic carbocycles. The van der Waals surface area contributed by atoms with E-state index in [1.54, 1.807) is 18.2 Å². The maximum absolute atomic E-state index is 13.4. The summed E-state index contributed by atoms with van der Waals surface area (Å²) in [6, 6.07) is 12.2. The molecular formula is C19H20BrFN2O2. The maximum atomic E-state index is 13.4. The first-order chi connectivity index (χ1) is 12.1. The molecule has 0 heterocycles. The number of aryl methyl sites for hydroxylation is 1. The minimum Gasteiger partial charge on any atom is -0.492 e. The molecule has 0 aromatic heterocycles. The van der Waals surface area contributed by atoms with Gasteiger partial charge in [0, 0.05) is 12.0 Å². The van der Waals surface area contributed by atoms with E-state index in [4.69, 9.17) is 4.74 Å². The highest BCUT2D eigenvalue weighted by atomic mass is 79.9. The van der Waals surface area contributed by atoms with Crippen molar-refractivity contribution in [2.24, 2.45) is 5.10 Å². The quantitative estimate of drug-likeness (QED) is 0.399. The highest BCUT2D eigenvalue weighted by Gasteiger charge is 2.04. The first-order valence-corrected chi connectivity index (χ1v) is 8.87. The summed E-state index contributed by atoms with van der Waals surface area (Å²) in [6.45, 7) is 2.52. The molecule has 0 saturated carbocycles. The molecule has 2 aromatic rings. The van der Waals surface area contributed by atoms with Crippen LogP contribution in [0.3, 0.4) is 0 Å². The Morgan fingerprint density at radius 2 is 2.12 bits per heavy atom. The molecule has 0 aliphatic carbocycles. The second-order valence-electron chi connectivity index (χ2n) is 5.39. The standard InChI is InChI=1S/C19H20BrFN2O2/c1-2-14-9-10-18(16(20)12-14)25-11-5-8-19(24)23-22-13-15-6-3-4-7-17(15)21/h3-4,6-7,9-10,12-13H,2,5,8,11H2,1H3,(H,23,24)/b22-13+. The number of rotatable bonds is 8. The smallest absolute Gasteiger partial charge is 0.240 e. The number of hydrazone groups is 1. The van der Waals surface area contributed by atoms with E-state index >= 15 is 0 Å². The normalized spacial score (nSPS) is 10.8. The van der Waals surface area contributed by atoms with Gasteiger partial charge in [-0.3, -0.25) is 4.79 Å². The maximum Gasteiger partial charge on any atom is 0.240 e.